The average Bonchev–Trinajstić information content (AvgIpc) is 3.37. The average molecular weight is 420 g/mol. The normalized spacial score (nSPS) is 21.1. The maximum atomic E-state index is 13.3. The van der Waals surface area contributed by atoms with Gasteiger partial charge in [0.2, 0.25) is 11.8 Å². The second-order valence-electron chi connectivity index (χ2n) is 8.54. The number of anilines is 1. The van der Waals surface area contributed by atoms with Gasteiger partial charge in [0, 0.05) is 23.9 Å². The van der Waals surface area contributed by atoms with Gasteiger partial charge in [-0.3, -0.25) is 9.59 Å². The Morgan fingerprint density at radius 2 is 1.90 bits per heavy atom. The van der Waals surface area contributed by atoms with E-state index in [-0.39, 0.29) is 29.7 Å². The van der Waals surface area contributed by atoms with E-state index in [9.17, 15) is 14.0 Å². The highest BCUT2D eigenvalue weighted by Gasteiger charge is 2.40. The number of halogens is 1. The van der Waals surface area contributed by atoms with Crippen LogP contribution in [0, 0.1) is 11.7 Å². The molecule has 0 bridgehead atoms. The number of aromatic nitrogens is 2. The van der Waals surface area contributed by atoms with Crippen LogP contribution in [0.1, 0.15) is 39.0 Å². The molecule has 2 atom stereocenters. The van der Waals surface area contributed by atoms with Crippen molar-refractivity contribution in [1.29, 1.82) is 0 Å². The van der Waals surface area contributed by atoms with E-state index >= 15 is 0 Å². The number of carbonyl (C=O) groups excluding carboxylic acids is 2. The number of nitrogens with one attached hydrogen (secondary N) is 1. The number of nitrogens with zero attached hydrogens (tertiary/aromatic N) is 3. The van der Waals surface area contributed by atoms with E-state index < -0.39 is 0 Å². The molecule has 1 aliphatic heterocycles. The molecule has 3 aromatic rings. The van der Waals surface area contributed by atoms with Crippen molar-refractivity contribution in [3.8, 4) is 5.69 Å². The number of amides is 2. The third kappa shape index (κ3) is 3.80. The van der Waals surface area contributed by atoms with Crippen molar-refractivity contribution in [3.63, 3.8) is 0 Å². The van der Waals surface area contributed by atoms with Crippen molar-refractivity contribution in [1.82, 2.24) is 15.1 Å². The molecule has 31 heavy (non-hydrogen) atoms. The molecule has 2 amide bonds. The molecule has 1 saturated carbocycles. The number of benzene rings is 2. The number of carbonyl (C=O) groups is 2. The zero-order valence-corrected chi connectivity index (χ0v) is 17.4. The number of fused-ring (bicyclic) bond motifs is 1. The Hall–Kier alpha value is -3.22. The quantitative estimate of drug-likeness (QED) is 0.656. The van der Waals surface area contributed by atoms with E-state index in [1.807, 2.05) is 30.0 Å². The Morgan fingerprint density at radius 1 is 1.16 bits per heavy atom. The molecule has 2 aromatic carbocycles. The zero-order chi connectivity index (χ0) is 21.5. The Balaban J connectivity index is 1.40. The fraction of sp³-hybridized carbons (Fsp3) is 0.375. The minimum Gasteiger partial charge on any atom is -0.351 e. The standard InChI is InChI=1S/C24H25FN4O2/c1-2-21-20(27-23(30)11-15-3-4-15)13-24(31)28(21)19-9-10-22-16(12-19)14-26-29(22)18-7-5-17(25)6-8-18/h5-10,12,14-15,20-21H,2-4,11,13H2,1H3,(H,27,30)/t20-,21+/m1/s1. The van der Waals surface area contributed by atoms with Crippen LogP contribution in [0.2, 0.25) is 0 Å². The van der Waals surface area contributed by atoms with Gasteiger partial charge in [-0.25, -0.2) is 9.07 Å². The summed E-state index contributed by atoms with van der Waals surface area (Å²) in [5.74, 6) is 0.304. The smallest absolute Gasteiger partial charge is 0.229 e. The third-order valence-electron chi connectivity index (χ3n) is 6.30. The molecule has 0 radical (unpaired) electrons. The third-order valence-corrected chi connectivity index (χ3v) is 6.30. The van der Waals surface area contributed by atoms with E-state index in [1.165, 1.54) is 12.1 Å². The van der Waals surface area contributed by atoms with Crippen LogP contribution in [0.25, 0.3) is 16.6 Å². The van der Waals surface area contributed by atoms with Crippen LogP contribution in [-0.4, -0.2) is 33.7 Å². The highest BCUT2D eigenvalue weighted by atomic mass is 19.1. The summed E-state index contributed by atoms with van der Waals surface area (Å²) < 4.78 is 15.0. The minimum absolute atomic E-state index is 0.0221. The zero-order valence-electron chi connectivity index (χ0n) is 17.4. The summed E-state index contributed by atoms with van der Waals surface area (Å²) in [6, 6.07) is 11.7. The molecule has 7 heteroatoms. The largest absolute Gasteiger partial charge is 0.351 e. The molecule has 1 N–H and O–H groups in total. The van der Waals surface area contributed by atoms with Crippen LogP contribution in [0.5, 0.6) is 0 Å². The first-order valence-corrected chi connectivity index (χ1v) is 10.9. The Bertz CT molecular complexity index is 1140. The lowest BCUT2D eigenvalue weighted by molar-refractivity contribution is -0.122. The molecule has 160 valence electrons. The van der Waals surface area contributed by atoms with Crippen molar-refractivity contribution in [2.45, 2.75) is 51.1 Å². The fourth-order valence-electron chi connectivity index (χ4n) is 4.55. The first-order chi connectivity index (χ1) is 15.0. The van der Waals surface area contributed by atoms with Crippen LogP contribution in [0.3, 0.4) is 0 Å². The van der Waals surface area contributed by atoms with Crippen molar-refractivity contribution in [2.24, 2.45) is 5.92 Å². The van der Waals surface area contributed by atoms with E-state index in [1.54, 1.807) is 23.0 Å². The Labute approximate surface area is 180 Å². The second-order valence-corrected chi connectivity index (χ2v) is 8.54. The number of hydrogen-bond donors (Lipinski definition) is 1. The lowest BCUT2D eigenvalue weighted by Gasteiger charge is -2.28. The van der Waals surface area contributed by atoms with Crippen LogP contribution in [0.4, 0.5) is 10.1 Å². The molecule has 0 unspecified atom stereocenters. The molecule has 2 aliphatic rings. The van der Waals surface area contributed by atoms with Crippen LogP contribution in [-0.2, 0) is 9.59 Å². The number of hydrogen-bond acceptors (Lipinski definition) is 3. The molecular weight excluding hydrogens is 395 g/mol. The lowest BCUT2D eigenvalue weighted by Crippen LogP contribution is -2.45. The first kappa shape index (κ1) is 19.7. The fourth-order valence-corrected chi connectivity index (χ4v) is 4.55. The van der Waals surface area contributed by atoms with Crippen molar-refractivity contribution in [2.75, 3.05) is 4.90 Å². The van der Waals surface area contributed by atoms with Gasteiger partial charge in [0.1, 0.15) is 5.82 Å². The summed E-state index contributed by atoms with van der Waals surface area (Å²) in [7, 11) is 0. The molecule has 5 rings (SSSR count). The second kappa shape index (κ2) is 7.80. The summed E-state index contributed by atoms with van der Waals surface area (Å²) in [5, 5.41) is 8.44. The monoisotopic (exact) mass is 420 g/mol. The summed E-state index contributed by atoms with van der Waals surface area (Å²) in [6.45, 7) is 2.04. The molecule has 1 aliphatic carbocycles. The maximum Gasteiger partial charge on any atom is 0.229 e. The van der Waals surface area contributed by atoms with Gasteiger partial charge < -0.3 is 10.2 Å². The summed E-state index contributed by atoms with van der Waals surface area (Å²) in [5.41, 5.74) is 2.46. The van der Waals surface area contributed by atoms with E-state index in [4.69, 9.17) is 0 Å². The van der Waals surface area contributed by atoms with Gasteiger partial charge in [0.25, 0.3) is 0 Å². The van der Waals surface area contributed by atoms with Crippen molar-refractivity contribution >= 4 is 28.4 Å². The highest BCUT2D eigenvalue weighted by molar-refractivity contribution is 5.99. The summed E-state index contributed by atoms with van der Waals surface area (Å²) in [6.07, 6.45) is 5.65. The van der Waals surface area contributed by atoms with E-state index in [2.05, 4.69) is 10.4 Å². The summed E-state index contributed by atoms with van der Waals surface area (Å²) in [4.78, 5) is 27.0. The molecule has 1 saturated heterocycles. The lowest BCUT2D eigenvalue weighted by atomic mass is 10.1. The Kier molecular flexibility index (Phi) is 4.96. The van der Waals surface area contributed by atoms with Gasteiger partial charge in [0.05, 0.1) is 29.5 Å². The van der Waals surface area contributed by atoms with Crippen LogP contribution in [0.15, 0.2) is 48.7 Å². The van der Waals surface area contributed by atoms with Gasteiger partial charge in [-0.2, -0.15) is 5.10 Å². The first-order valence-electron chi connectivity index (χ1n) is 10.9. The van der Waals surface area contributed by atoms with Crippen LogP contribution < -0.4 is 10.2 Å². The van der Waals surface area contributed by atoms with Gasteiger partial charge in [-0.15, -0.1) is 0 Å². The Morgan fingerprint density at radius 3 is 2.61 bits per heavy atom. The highest BCUT2D eigenvalue weighted by Crippen LogP contribution is 2.34. The van der Waals surface area contributed by atoms with Gasteiger partial charge in [0.15, 0.2) is 0 Å². The van der Waals surface area contributed by atoms with Gasteiger partial charge in [-0.1, -0.05) is 6.92 Å². The van der Waals surface area contributed by atoms with Crippen molar-refractivity contribution < 1.29 is 14.0 Å². The minimum atomic E-state index is -0.292. The van der Waals surface area contributed by atoms with E-state index in [0.717, 1.165) is 41.5 Å². The van der Waals surface area contributed by atoms with Crippen LogP contribution >= 0.6 is 0 Å². The number of rotatable bonds is 6. The summed E-state index contributed by atoms with van der Waals surface area (Å²) >= 11 is 0. The predicted molar refractivity (Wildman–Crippen MR) is 116 cm³/mol. The van der Waals surface area contributed by atoms with Crippen molar-refractivity contribution in [3.05, 3.63) is 54.5 Å². The maximum absolute atomic E-state index is 13.3. The molecule has 0 spiro atoms. The molecule has 6 nitrogen and oxygen atoms in total. The molecule has 2 heterocycles. The van der Waals surface area contributed by atoms with Gasteiger partial charge in [-0.05, 0) is 67.6 Å². The SMILES string of the molecule is CC[C@H]1[C@H](NC(=O)CC2CC2)CC(=O)N1c1ccc2c(cnn2-c2ccc(F)cc2)c1. The van der Waals surface area contributed by atoms with Gasteiger partial charge >= 0.3 is 0 Å². The molecular formula is C24H25FN4O2. The molecule has 1 aromatic heterocycles. The van der Waals surface area contributed by atoms with E-state index in [0.29, 0.717) is 18.8 Å². The molecule has 2 fully saturated rings. The predicted octanol–water partition coefficient (Wildman–Crippen LogP) is 3.96. The topological polar surface area (TPSA) is 67.2 Å².